The van der Waals surface area contributed by atoms with Gasteiger partial charge < -0.3 is 4.90 Å². The predicted molar refractivity (Wildman–Crippen MR) is 76.8 cm³/mol. The van der Waals surface area contributed by atoms with Crippen LogP contribution in [0.2, 0.25) is 0 Å². The number of nitrogens with zero attached hydrogens (tertiary/aromatic N) is 1. The topological polar surface area (TPSA) is 3.24 Å². The zero-order valence-electron chi connectivity index (χ0n) is 11.0. The van der Waals surface area contributed by atoms with Crippen LogP contribution in [-0.4, -0.2) is 30.3 Å². The number of rotatable bonds is 6. The largest absolute Gasteiger partial charge is 0.305 e. The van der Waals surface area contributed by atoms with E-state index in [1.54, 1.807) is 5.56 Å². The van der Waals surface area contributed by atoms with Crippen LogP contribution in [0.5, 0.6) is 0 Å². The summed E-state index contributed by atoms with van der Waals surface area (Å²) in [5, 5.41) is 0.763. The lowest BCUT2D eigenvalue weighted by molar-refractivity contribution is 0.326. The van der Waals surface area contributed by atoms with Crippen LogP contribution in [0.25, 0.3) is 0 Å². The van der Waals surface area contributed by atoms with E-state index in [4.69, 9.17) is 0 Å². The molecule has 2 rings (SSSR count). The number of hydrogen-bond acceptors (Lipinski definition) is 2. The summed E-state index contributed by atoms with van der Waals surface area (Å²) in [5.74, 6) is 0. The van der Waals surface area contributed by atoms with Gasteiger partial charge in [0.15, 0.2) is 0 Å². The molecule has 0 amide bonds. The van der Waals surface area contributed by atoms with Gasteiger partial charge in [0.2, 0.25) is 0 Å². The van der Waals surface area contributed by atoms with Crippen LogP contribution < -0.4 is 0 Å². The Bertz CT molecular complexity index is 326. The SMILES string of the molecule is CCCCCN(C)CC1Cc2ccccc2S1. The van der Waals surface area contributed by atoms with Crippen LogP contribution >= 0.6 is 11.8 Å². The molecule has 0 bridgehead atoms. The van der Waals surface area contributed by atoms with Crippen molar-refractivity contribution in [3.8, 4) is 0 Å². The Morgan fingerprint density at radius 3 is 2.88 bits per heavy atom. The van der Waals surface area contributed by atoms with Gasteiger partial charge in [0, 0.05) is 16.7 Å². The Hall–Kier alpha value is -0.470. The highest BCUT2D eigenvalue weighted by Gasteiger charge is 2.22. The number of hydrogen-bond donors (Lipinski definition) is 0. The fourth-order valence-electron chi connectivity index (χ4n) is 2.43. The first-order valence-corrected chi connectivity index (χ1v) is 7.60. The molecule has 0 aromatic heterocycles. The van der Waals surface area contributed by atoms with Crippen molar-refractivity contribution in [2.75, 3.05) is 20.1 Å². The van der Waals surface area contributed by atoms with Gasteiger partial charge in [-0.25, -0.2) is 0 Å². The van der Waals surface area contributed by atoms with E-state index in [-0.39, 0.29) is 0 Å². The lowest BCUT2D eigenvalue weighted by atomic mass is 10.1. The summed E-state index contributed by atoms with van der Waals surface area (Å²) in [6, 6.07) is 8.85. The standard InChI is InChI=1S/C15H23NS/c1-3-4-7-10-16(2)12-14-11-13-8-5-6-9-15(13)17-14/h5-6,8-9,14H,3-4,7,10-12H2,1-2H3. The molecule has 1 nitrogen and oxygen atoms in total. The molecule has 94 valence electrons. The Labute approximate surface area is 110 Å². The van der Waals surface area contributed by atoms with Gasteiger partial charge >= 0.3 is 0 Å². The summed E-state index contributed by atoms with van der Waals surface area (Å²) >= 11 is 2.06. The minimum absolute atomic E-state index is 0.763. The lowest BCUT2D eigenvalue weighted by Gasteiger charge is -2.20. The average molecular weight is 249 g/mol. The minimum atomic E-state index is 0.763. The molecule has 1 unspecified atom stereocenters. The maximum atomic E-state index is 2.50. The molecule has 1 aromatic carbocycles. The quantitative estimate of drug-likeness (QED) is 0.705. The highest BCUT2D eigenvalue weighted by molar-refractivity contribution is 8.00. The number of benzene rings is 1. The van der Waals surface area contributed by atoms with Gasteiger partial charge in [-0.1, -0.05) is 38.0 Å². The first-order valence-electron chi connectivity index (χ1n) is 6.72. The second-order valence-electron chi connectivity index (χ2n) is 5.02. The van der Waals surface area contributed by atoms with Crippen molar-refractivity contribution in [2.45, 2.75) is 42.8 Å². The van der Waals surface area contributed by atoms with Crippen molar-refractivity contribution >= 4 is 11.8 Å². The normalized spacial score (nSPS) is 18.6. The Morgan fingerprint density at radius 1 is 1.29 bits per heavy atom. The third kappa shape index (κ3) is 3.75. The van der Waals surface area contributed by atoms with Crippen molar-refractivity contribution in [1.29, 1.82) is 0 Å². The van der Waals surface area contributed by atoms with E-state index in [2.05, 4.69) is 54.9 Å². The monoisotopic (exact) mass is 249 g/mol. The average Bonchev–Trinajstić information content (AvgIpc) is 2.71. The van der Waals surface area contributed by atoms with E-state index in [1.807, 2.05) is 0 Å². The van der Waals surface area contributed by atoms with Crippen molar-refractivity contribution in [3.05, 3.63) is 29.8 Å². The summed E-state index contributed by atoms with van der Waals surface area (Å²) in [4.78, 5) is 4.00. The molecular formula is C15H23NS. The summed E-state index contributed by atoms with van der Waals surface area (Å²) < 4.78 is 0. The van der Waals surface area contributed by atoms with Crippen LogP contribution in [0.4, 0.5) is 0 Å². The molecule has 17 heavy (non-hydrogen) atoms. The van der Waals surface area contributed by atoms with Gasteiger partial charge in [0.05, 0.1) is 0 Å². The zero-order valence-corrected chi connectivity index (χ0v) is 11.8. The van der Waals surface area contributed by atoms with Crippen molar-refractivity contribution < 1.29 is 0 Å². The third-order valence-electron chi connectivity index (χ3n) is 3.37. The first kappa shape index (κ1) is 13.0. The van der Waals surface area contributed by atoms with Crippen molar-refractivity contribution in [2.24, 2.45) is 0 Å². The fourth-order valence-corrected chi connectivity index (χ4v) is 3.84. The van der Waals surface area contributed by atoms with Crippen molar-refractivity contribution in [3.63, 3.8) is 0 Å². The molecule has 1 aromatic rings. The summed E-state index contributed by atoms with van der Waals surface area (Å²) in [6.45, 7) is 4.74. The molecule has 1 heterocycles. The zero-order chi connectivity index (χ0) is 12.1. The van der Waals surface area contributed by atoms with Crippen LogP contribution in [0, 0.1) is 0 Å². The maximum absolute atomic E-state index is 2.50. The van der Waals surface area contributed by atoms with E-state index in [0.717, 1.165) is 5.25 Å². The van der Waals surface area contributed by atoms with Gasteiger partial charge in [-0.05, 0) is 38.1 Å². The molecule has 1 aliphatic heterocycles. The van der Waals surface area contributed by atoms with Gasteiger partial charge in [0.25, 0.3) is 0 Å². The molecule has 1 atom stereocenters. The molecule has 2 heteroatoms. The second kappa shape index (κ2) is 6.46. The summed E-state index contributed by atoms with van der Waals surface area (Å²) in [6.07, 6.45) is 5.27. The number of fused-ring (bicyclic) bond motifs is 1. The molecule has 0 spiro atoms. The van der Waals surface area contributed by atoms with E-state index >= 15 is 0 Å². The van der Waals surface area contributed by atoms with Gasteiger partial charge in [0.1, 0.15) is 0 Å². The lowest BCUT2D eigenvalue weighted by Crippen LogP contribution is -2.28. The second-order valence-corrected chi connectivity index (χ2v) is 6.36. The molecule has 0 aliphatic carbocycles. The molecule has 0 N–H and O–H groups in total. The highest BCUT2D eigenvalue weighted by Crippen LogP contribution is 2.36. The molecule has 1 aliphatic rings. The number of unbranched alkanes of at least 4 members (excludes halogenated alkanes) is 2. The van der Waals surface area contributed by atoms with E-state index in [1.165, 1.54) is 43.7 Å². The molecule has 0 saturated carbocycles. The maximum Gasteiger partial charge on any atom is 0.0263 e. The third-order valence-corrected chi connectivity index (χ3v) is 4.67. The fraction of sp³-hybridized carbons (Fsp3) is 0.600. The predicted octanol–water partition coefficient (Wildman–Crippen LogP) is 3.83. The van der Waals surface area contributed by atoms with Gasteiger partial charge in [-0.3, -0.25) is 0 Å². The van der Waals surface area contributed by atoms with Gasteiger partial charge in [-0.15, -0.1) is 11.8 Å². The van der Waals surface area contributed by atoms with Crippen LogP contribution in [0.15, 0.2) is 29.2 Å². The Kier molecular flexibility index (Phi) is 4.93. The molecule has 0 fully saturated rings. The first-order chi connectivity index (χ1) is 8.29. The number of thioether (sulfide) groups is 1. The molecule has 0 radical (unpaired) electrons. The minimum Gasteiger partial charge on any atom is -0.305 e. The molecular weight excluding hydrogens is 226 g/mol. The van der Waals surface area contributed by atoms with Crippen LogP contribution in [-0.2, 0) is 6.42 Å². The summed E-state index contributed by atoms with van der Waals surface area (Å²) in [7, 11) is 2.26. The summed E-state index contributed by atoms with van der Waals surface area (Å²) in [5.41, 5.74) is 1.55. The van der Waals surface area contributed by atoms with E-state index in [0.29, 0.717) is 0 Å². The van der Waals surface area contributed by atoms with Crippen LogP contribution in [0.3, 0.4) is 0 Å². The van der Waals surface area contributed by atoms with Gasteiger partial charge in [-0.2, -0.15) is 0 Å². The Morgan fingerprint density at radius 2 is 2.12 bits per heavy atom. The highest BCUT2D eigenvalue weighted by atomic mass is 32.2. The van der Waals surface area contributed by atoms with Crippen molar-refractivity contribution in [1.82, 2.24) is 4.90 Å². The molecule has 0 saturated heterocycles. The van der Waals surface area contributed by atoms with E-state index in [9.17, 15) is 0 Å². The van der Waals surface area contributed by atoms with Crippen LogP contribution in [0.1, 0.15) is 31.7 Å². The van der Waals surface area contributed by atoms with E-state index < -0.39 is 0 Å². The Balaban J connectivity index is 1.75. The smallest absolute Gasteiger partial charge is 0.0263 e.